The minimum absolute atomic E-state index is 0. The van der Waals surface area contributed by atoms with Crippen LogP contribution >= 0.6 is 0 Å². The first-order chi connectivity index (χ1) is 18.4. The van der Waals surface area contributed by atoms with Gasteiger partial charge in [-0.1, -0.05) is 32.0 Å². The Balaban J connectivity index is 0.00000353. The minimum Gasteiger partial charge on any atom is -0.496 e. The van der Waals surface area contributed by atoms with Crippen LogP contribution in [-0.4, -0.2) is 60.9 Å². The molecule has 1 aliphatic heterocycles. The largest absolute Gasteiger partial charge is 0.496 e. The Morgan fingerprint density at radius 1 is 1.08 bits per heavy atom. The molecule has 1 saturated heterocycles. The number of rotatable bonds is 7. The number of nitrogens with one attached hydrogen (secondary N) is 1. The topological polar surface area (TPSA) is 70.7 Å². The Morgan fingerprint density at radius 2 is 1.82 bits per heavy atom. The molecule has 3 heterocycles. The summed E-state index contributed by atoms with van der Waals surface area (Å²) in [5.41, 5.74) is 2.83. The highest BCUT2D eigenvalue weighted by Gasteiger charge is 2.27. The monoisotopic (exact) mass is 522 g/mol. The van der Waals surface area contributed by atoms with Crippen LogP contribution in [0, 0.1) is 5.82 Å². The van der Waals surface area contributed by atoms with E-state index in [1.165, 1.54) is 0 Å². The smallest absolute Gasteiger partial charge is 0.270 e. The van der Waals surface area contributed by atoms with Gasteiger partial charge in [-0.05, 0) is 47.4 Å². The van der Waals surface area contributed by atoms with Crippen molar-refractivity contribution in [3.8, 4) is 22.6 Å². The molecule has 38 heavy (non-hydrogen) atoms. The molecule has 200 valence electrons. The van der Waals surface area contributed by atoms with Crippen molar-refractivity contribution in [3.05, 3.63) is 71.8 Å². The van der Waals surface area contributed by atoms with Crippen molar-refractivity contribution in [1.29, 1.82) is 0 Å². The number of para-hydroxylation sites is 1. The van der Waals surface area contributed by atoms with Crippen molar-refractivity contribution in [2.45, 2.75) is 19.8 Å². The zero-order valence-electron chi connectivity index (χ0n) is 21.6. The van der Waals surface area contributed by atoms with Gasteiger partial charge in [0.1, 0.15) is 11.4 Å². The molecule has 1 N–H and O–H groups in total. The number of aromatic amines is 1. The number of aromatic nitrogens is 2. The summed E-state index contributed by atoms with van der Waals surface area (Å²) < 4.78 is 39.1. The SMILES string of the molecule is COc1ccccc1-c1cc(C(C)C)c(F)c2[nH]c(C(=O)N3CCN(c4ncccc4OCF)CC3)cc12.[HH]. The van der Waals surface area contributed by atoms with E-state index in [1.54, 1.807) is 36.4 Å². The Morgan fingerprint density at radius 3 is 2.53 bits per heavy atom. The molecule has 0 aliphatic carbocycles. The van der Waals surface area contributed by atoms with E-state index in [4.69, 9.17) is 9.47 Å². The lowest BCUT2D eigenvalue weighted by atomic mass is 9.93. The van der Waals surface area contributed by atoms with Gasteiger partial charge in [0.25, 0.3) is 5.91 Å². The predicted molar refractivity (Wildman–Crippen MR) is 145 cm³/mol. The van der Waals surface area contributed by atoms with Crippen molar-refractivity contribution in [2.24, 2.45) is 0 Å². The number of nitrogens with zero attached hydrogens (tertiary/aromatic N) is 3. The number of methoxy groups -OCH3 is 1. The second-order valence-electron chi connectivity index (χ2n) is 9.51. The van der Waals surface area contributed by atoms with Gasteiger partial charge in [-0.2, -0.15) is 0 Å². The molecule has 0 spiro atoms. The van der Waals surface area contributed by atoms with E-state index in [1.807, 2.05) is 49.1 Å². The van der Waals surface area contributed by atoms with Crippen molar-refractivity contribution in [2.75, 3.05) is 45.0 Å². The van der Waals surface area contributed by atoms with Crippen LogP contribution in [0.1, 0.15) is 37.2 Å². The summed E-state index contributed by atoms with van der Waals surface area (Å²) in [7, 11) is 1.60. The van der Waals surface area contributed by atoms with E-state index in [-0.39, 0.29) is 19.1 Å². The van der Waals surface area contributed by atoms with Crippen LogP contribution in [0.5, 0.6) is 11.5 Å². The van der Waals surface area contributed by atoms with E-state index in [0.717, 1.165) is 11.1 Å². The van der Waals surface area contributed by atoms with Gasteiger partial charge in [0, 0.05) is 44.8 Å². The second kappa shape index (κ2) is 10.7. The first-order valence-electron chi connectivity index (χ1n) is 12.6. The summed E-state index contributed by atoms with van der Waals surface area (Å²) >= 11 is 0. The molecular weight excluding hydrogens is 490 g/mol. The highest BCUT2D eigenvalue weighted by Crippen LogP contribution is 2.39. The van der Waals surface area contributed by atoms with Crippen LogP contribution in [0.4, 0.5) is 14.6 Å². The number of benzene rings is 2. The molecular formula is C29H32F2N4O3. The maximum absolute atomic E-state index is 15.6. The Hall–Kier alpha value is -4.14. The normalized spacial score (nSPS) is 13.8. The third kappa shape index (κ3) is 4.64. The molecule has 5 rings (SSSR count). The fourth-order valence-electron chi connectivity index (χ4n) is 4.99. The summed E-state index contributed by atoms with van der Waals surface area (Å²) in [6.07, 6.45) is 1.63. The minimum atomic E-state index is -0.941. The highest BCUT2D eigenvalue weighted by molar-refractivity contribution is 6.04. The van der Waals surface area contributed by atoms with Crippen LogP contribution in [0.3, 0.4) is 0 Å². The van der Waals surface area contributed by atoms with E-state index < -0.39 is 6.86 Å². The molecule has 2 aromatic heterocycles. The van der Waals surface area contributed by atoms with Crippen LogP contribution in [0.2, 0.25) is 0 Å². The fraction of sp³-hybridized carbons (Fsp3) is 0.310. The van der Waals surface area contributed by atoms with Gasteiger partial charge in [-0.3, -0.25) is 4.79 Å². The summed E-state index contributed by atoms with van der Waals surface area (Å²) in [4.78, 5) is 24.6. The first-order valence-corrected chi connectivity index (χ1v) is 12.6. The standard InChI is InChI=1S/C29H30F2N4O3.H2/c1-18(2)20-15-21(19-7-4-5-8-24(19)37-3)22-16-23(33-27(22)26(20)31)29(36)35-13-11-34(12-14-35)28-25(38-17-30)9-6-10-32-28;/h4-10,15-16,18,33H,11-14,17H2,1-3H3;1H. The van der Waals surface area contributed by atoms with Gasteiger partial charge in [0.15, 0.2) is 17.4 Å². The van der Waals surface area contributed by atoms with Gasteiger partial charge in [-0.15, -0.1) is 0 Å². The van der Waals surface area contributed by atoms with Crippen molar-refractivity contribution >= 4 is 22.6 Å². The maximum Gasteiger partial charge on any atom is 0.270 e. The molecule has 0 radical (unpaired) electrons. The quantitative estimate of drug-likeness (QED) is 0.322. The Bertz CT molecular complexity index is 1470. The Kier molecular flexibility index (Phi) is 7.18. The number of alkyl halides is 1. The zero-order valence-corrected chi connectivity index (χ0v) is 21.6. The van der Waals surface area contributed by atoms with E-state index in [9.17, 15) is 9.18 Å². The number of fused-ring (bicyclic) bond motifs is 1. The van der Waals surface area contributed by atoms with Gasteiger partial charge in [-0.25, -0.2) is 13.8 Å². The molecule has 0 unspecified atom stereocenters. The number of anilines is 1. The molecule has 0 saturated carbocycles. The van der Waals surface area contributed by atoms with Crippen molar-refractivity contribution in [1.82, 2.24) is 14.9 Å². The molecule has 1 amide bonds. The predicted octanol–water partition coefficient (Wildman–Crippen LogP) is 6.02. The van der Waals surface area contributed by atoms with Gasteiger partial charge in [0.05, 0.1) is 12.6 Å². The van der Waals surface area contributed by atoms with E-state index >= 15 is 4.39 Å². The molecule has 0 atom stereocenters. The van der Waals surface area contributed by atoms with Crippen LogP contribution in [0.15, 0.2) is 54.7 Å². The average molecular weight is 523 g/mol. The molecule has 1 aliphatic rings. The molecule has 1 fully saturated rings. The number of piperazine rings is 1. The zero-order chi connectivity index (χ0) is 26.8. The number of carbonyl (C=O) groups excluding carboxylic acids is 1. The number of ether oxygens (including phenoxy) is 2. The number of hydrogen-bond donors (Lipinski definition) is 1. The van der Waals surface area contributed by atoms with Gasteiger partial charge >= 0.3 is 0 Å². The lowest BCUT2D eigenvalue weighted by Crippen LogP contribution is -2.49. The molecule has 7 nitrogen and oxygen atoms in total. The lowest BCUT2D eigenvalue weighted by molar-refractivity contribution is 0.0741. The number of amides is 1. The molecule has 2 aromatic carbocycles. The highest BCUT2D eigenvalue weighted by atomic mass is 19.1. The summed E-state index contributed by atoms with van der Waals surface area (Å²) in [5, 5.41) is 0.625. The van der Waals surface area contributed by atoms with Gasteiger partial charge in [0.2, 0.25) is 6.86 Å². The number of pyridine rings is 1. The molecule has 4 aromatic rings. The Labute approximate surface area is 221 Å². The van der Waals surface area contributed by atoms with Crippen LogP contribution < -0.4 is 14.4 Å². The second-order valence-corrected chi connectivity index (χ2v) is 9.51. The van der Waals surface area contributed by atoms with Crippen LogP contribution in [0.25, 0.3) is 22.0 Å². The molecule has 0 bridgehead atoms. The first kappa shape index (κ1) is 25.5. The number of carbonyl (C=O) groups is 1. The van der Waals surface area contributed by atoms with E-state index in [2.05, 4.69) is 9.97 Å². The van der Waals surface area contributed by atoms with Gasteiger partial charge < -0.3 is 24.3 Å². The van der Waals surface area contributed by atoms with Crippen molar-refractivity contribution < 1.29 is 24.5 Å². The number of hydrogen-bond acceptors (Lipinski definition) is 5. The summed E-state index contributed by atoms with van der Waals surface area (Å²) in [6, 6.07) is 14.5. The number of halogens is 2. The lowest BCUT2D eigenvalue weighted by Gasteiger charge is -2.35. The third-order valence-electron chi connectivity index (χ3n) is 6.96. The fourth-order valence-corrected chi connectivity index (χ4v) is 4.99. The molecule has 9 heteroatoms. The summed E-state index contributed by atoms with van der Waals surface area (Å²) in [5.74, 6) is 0.970. The maximum atomic E-state index is 15.6. The average Bonchev–Trinajstić information content (AvgIpc) is 3.40. The van der Waals surface area contributed by atoms with Crippen LogP contribution in [-0.2, 0) is 0 Å². The third-order valence-corrected chi connectivity index (χ3v) is 6.96. The number of H-pyrrole nitrogens is 1. The van der Waals surface area contributed by atoms with Crippen molar-refractivity contribution in [3.63, 3.8) is 0 Å². The summed E-state index contributed by atoms with van der Waals surface area (Å²) in [6.45, 7) is 4.81. The van der Waals surface area contributed by atoms with E-state index in [0.29, 0.717) is 65.7 Å².